The summed E-state index contributed by atoms with van der Waals surface area (Å²) in [5.41, 5.74) is 4.63. The van der Waals surface area contributed by atoms with Crippen molar-refractivity contribution in [3.8, 4) is 0 Å². The van der Waals surface area contributed by atoms with Crippen LogP contribution in [-0.4, -0.2) is 31.7 Å². The van der Waals surface area contributed by atoms with E-state index >= 15 is 0 Å². The fourth-order valence-corrected chi connectivity index (χ4v) is 1.41. The van der Waals surface area contributed by atoms with Crippen LogP contribution in [0.4, 0.5) is 0 Å². The number of hydrogen-bond donors (Lipinski definition) is 2. The highest BCUT2D eigenvalue weighted by molar-refractivity contribution is 5.85. The molecular formula is C9H20N2O2. The van der Waals surface area contributed by atoms with Crippen molar-refractivity contribution in [1.29, 1.82) is 0 Å². The molecule has 0 aromatic heterocycles. The maximum Gasteiger partial charge on any atom is 0.240 e. The lowest BCUT2D eigenvalue weighted by Crippen LogP contribution is -2.61. The average Bonchev–Trinajstić information content (AvgIpc) is 2.03. The second-order valence-electron chi connectivity index (χ2n) is 3.45. The van der Waals surface area contributed by atoms with E-state index in [9.17, 15) is 4.79 Å². The van der Waals surface area contributed by atoms with Gasteiger partial charge in [-0.15, -0.1) is 0 Å². The number of likely N-dealkylation sites (N-methyl/N-ethyl adjacent to an activating group) is 1. The van der Waals surface area contributed by atoms with Gasteiger partial charge in [0.15, 0.2) is 0 Å². The quantitative estimate of drug-likeness (QED) is 0.622. The summed E-state index contributed by atoms with van der Waals surface area (Å²) in [5, 5.41) is 3.10. The van der Waals surface area contributed by atoms with Gasteiger partial charge < -0.3 is 15.8 Å². The number of nitrogens with two attached hydrogens (primary N) is 1. The first-order valence-corrected chi connectivity index (χ1v) is 4.55. The molecule has 0 bridgehead atoms. The van der Waals surface area contributed by atoms with Crippen molar-refractivity contribution in [3.05, 3.63) is 0 Å². The van der Waals surface area contributed by atoms with Crippen LogP contribution in [0.2, 0.25) is 0 Å². The topological polar surface area (TPSA) is 64.3 Å². The Kier molecular flexibility index (Phi) is 4.95. The van der Waals surface area contributed by atoms with E-state index in [1.807, 2.05) is 20.8 Å². The Labute approximate surface area is 79.8 Å². The zero-order valence-electron chi connectivity index (χ0n) is 8.89. The highest BCUT2D eigenvalue weighted by Crippen LogP contribution is 2.16. The summed E-state index contributed by atoms with van der Waals surface area (Å²) < 4.78 is 5.02. The van der Waals surface area contributed by atoms with Crippen molar-refractivity contribution in [2.45, 2.75) is 26.3 Å². The number of primary amides is 1. The third kappa shape index (κ3) is 2.67. The Morgan fingerprint density at radius 2 is 2.15 bits per heavy atom. The van der Waals surface area contributed by atoms with E-state index in [0.717, 1.165) is 0 Å². The van der Waals surface area contributed by atoms with E-state index in [2.05, 4.69) is 5.32 Å². The molecule has 4 nitrogen and oxygen atoms in total. The molecule has 78 valence electrons. The van der Waals surface area contributed by atoms with Gasteiger partial charge >= 0.3 is 0 Å². The molecule has 0 saturated heterocycles. The van der Waals surface area contributed by atoms with Gasteiger partial charge in [-0.05, 0) is 12.5 Å². The van der Waals surface area contributed by atoms with Crippen LogP contribution in [0.15, 0.2) is 0 Å². The van der Waals surface area contributed by atoms with E-state index in [4.69, 9.17) is 10.5 Å². The standard InChI is InChI=1S/C9H20N2O2/c1-5-11-9(6-13-4,7(2)3)8(10)12/h7,11H,5-6H2,1-4H3,(H2,10,12). The maximum atomic E-state index is 11.3. The fourth-order valence-electron chi connectivity index (χ4n) is 1.41. The van der Waals surface area contributed by atoms with Crippen LogP contribution < -0.4 is 11.1 Å². The van der Waals surface area contributed by atoms with Crippen LogP contribution >= 0.6 is 0 Å². The molecule has 1 amide bonds. The molecule has 0 radical (unpaired) electrons. The van der Waals surface area contributed by atoms with Gasteiger partial charge in [-0.25, -0.2) is 0 Å². The van der Waals surface area contributed by atoms with Crippen LogP contribution in [-0.2, 0) is 9.53 Å². The van der Waals surface area contributed by atoms with Crippen LogP contribution in [0, 0.1) is 5.92 Å². The smallest absolute Gasteiger partial charge is 0.240 e. The molecule has 0 heterocycles. The Balaban J connectivity index is 4.69. The van der Waals surface area contributed by atoms with Crippen molar-refractivity contribution in [1.82, 2.24) is 5.32 Å². The van der Waals surface area contributed by atoms with Crippen LogP contribution in [0.5, 0.6) is 0 Å². The molecule has 1 atom stereocenters. The number of ether oxygens (including phenoxy) is 1. The molecule has 0 aromatic carbocycles. The van der Waals surface area contributed by atoms with Crippen LogP contribution in [0.3, 0.4) is 0 Å². The first kappa shape index (κ1) is 12.4. The minimum atomic E-state index is -0.733. The molecule has 0 aliphatic heterocycles. The minimum absolute atomic E-state index is 0.116. The third-order valence-electron chi connectivity index (χ3n) is 2.29. The van der Waals surface area contributed by atoms with Gasteiger partial charge in [0.25, 0.3) is 0 Å². The number of nitrogens with one attached hydrogen (secondary N) is 1. The van der Waals surface area contributed by atoms with Gasteiger partial charge in [-0.2, -0.15) is 0 Å². The molecule has 0 spiro atoms. The van der Waals surface area contributed by atoms with Gasteiger partial charge in [-0.3, -0.25) is 4.79 Å². The summed E-state index contributed by atoms with van der Waals surface area (Å²) in [6.07, 6.45) is 0. The average molecular weight is 188 g/mol. The van der Waals surface area contributed by atoms with Crippen molar-refractivity contribution < 1.29 is 9.53 Å². The molecule has 1 unspecified atom stereocenters. The molecule has 13 heavy (non-hydrogen) atoms. The predicted octanol–water partition coefficient (Wildman–Crippen LogP) is 0.122. The van der Waals surface area contributed by atoms with Gasteiger partial charge in [-0.1, -0.05) is 20.8 Å². The molecule has 4 heteroatoms. The van der Waals surface area contributed by atoms with E-state index in [1.54, 1.807) is 7.11 Å². The molecule has 0 rings (SSSR count). The minimum Gasteiger partial charge on any atom is -0.382 e. The van der Waals surface area contributed by atoms with E-state index in [0.29, 0.717) is 13.2 Å². The van der Waals surface area contributed by atoms with Crippen LogP contribution in [0.1, 0.15) is 20.8 Å². The summed E-state index contributed by atoms with van der Waals surface area (Å²) in [6, 6.07) is 0. The maximum absolute atomic E-state index is 11.3. The number of amides is 1. The van der Waals surface area contributed by atoms with E-state index in [-0.39, 0.29) is 11.8 Å². The molecule has 0 fully saturated rings. The zero-order chi connectivity index (χ0) is 10.5. The summed E-state index contributed by atoms with van der Waals surface area (Å²) in [7, 11) is 1.57. The number of rotatable bonds is 6. The summed E-state index contributed by atoms with van der Waals surface area (Å²) >= 11 is 0. The molecule has 0 aromatic rings. The van der Waals surface area contributed by atoms with Gasteiger partial charge in [0.05, 0.1) is 6.61 Å². The zero-order valence-corrected chi connectivity index (χ0v) is 8.89. The van der Waals surface area contributed by atoms with Crippen LogP contribution in [0.25, 0.3) is 0 Å². The summed E-state index contributed by atoms with van der Waals surface area (Å²) in [4.78, 5) is 11.3. The lowest BCUT2D eigenvalue weighted by Gasteiger charge is -2.34. The van der Waals surface area contributed by atoms with Gasteiger partial charge in [0.2, 0.25) is 5.91 Å². The molecule has 3 N–H and O–H groups in total. The van der Waals surface area contributed by atoms with Crippen molar-refractivity contribution in [3.63, 3.8) is 0 Å². The van der Waals surface area contributed by atoms with Gasteiger partial charge in [0, 0.05) is 7.11 Å². The first-order chi connectivity index (χ1) is 6.01. The molecule has 0 aliphatic rings. The van der Waals surface area contributed by atoms with Crippen molar-refractivity contribution in [2.24, 2.45) is 11.7 Å². The fraction of sp³-hybridized carbons (Fsp3) is 0.889. The number of methoxy groups -OCH3 is 1. The third-order valence-corrected chi connectivity index (χ3v) is 2.29. The second-order valence-corrected chi connectivity index (χ2v) is 3.45. The highest BCUT2D eigenvalue weighted by Gasteiger charge is 2.39. The largest absolute Gasteiger partial charge is 0.382 e. The van der Waals surface area contributed by atoms with Crippen molar-refractivity contribution in [2.75, 3.05) is 20.3 Å². The summed E-state index contributed by atoms with van der Waals surface area (Å²) in [6.45, 7) is 6.85. The Morgan fingerprint density at radius 1 is 1.62 bits per heavy atom. The Morgan fingerprint density at radius 3 is 2.38 bits per heavy atom. The van der Waals surface area contributed by atoms with Crippen molar-refractivity contribution >= 4 is 5.91 Å². The Hall–Kier alpha value is -0.610. The lowest BCUT2D eigenvalue weighted by atomic mass is 9.86. The molecule has 0 aliphatic carbocycles. The summed E-state index contributed by atoms with van der Waals surface area (Å²) in [5.74, 6) is -0.240. The highest BCUT2D eigenvalue weighted by atomic mass is 16.5. The van der Waals surface area contributed by atoms with E-state index in [1.165, 1.54) is 0 Å². The lowest BCUT2D eigenvalue weighted by molar-refractivity contribution is -0.128. The monoisotopic (exact) mass is 188 g/mol. The number of carbonyl (C=O) groups excluding carboxylic acids is 1. The first-order valence-electron chi connectivity index (χ1n) is 4.55. The molecular weight excluding hydrogens is 168 g/mol. The Bertz CT molecular complexity index is 163. The number of hydrogen-bond acceptors (Lipinski definition) is 3. The second kappa shape index (κ2) is 5.19. The number of carbonyl (C=O) groups is 1. The predicted molar refractivity (Wildman–Crippen MR) is 52.3 cm³/mol. The SMILES string of the molecule is CCNC(COC)(C(N)=O)C(C)C. The normalized spacial score (nSPS) is 15.8. The van der Waals surface area contributed by atoms with E-state index < -0.39 is 5.54 Å². The van der Waals surface area contributed by atoms with Gasteiger partial charge in [0.1, 0.15) is 5.54 Å². The molecule has 0 saturated carbocycles.